The summed E-state index contributed by atoms with van der Waals surface area (Å²) in [6.45, 7) is 10.5. The maximum atomic E-state index is 12.9. The highest BCUT2D eigenvalue weighted by molar-refractivity contribution is 7.90. The molecule has 0 aliphatic carbocycles. The minimum absolute atomic E-state index is 0.220. The van der Waals surface area contributed by atoms with Gasteiger partial charge in [-0.05, 0) is 59.2 Å². The van der Waals surface area contributed by atoms with Crippen LogP contribution >= 0.6 is 0 Å². The lowest BCUT2D eigenvalue weighted by Crippen LogP contribution is -2.42. The third-order valence-electron chi connectivity index (χ3n) is 4.37. The van der Waals surface area contributed by atoms with Crippen molar-refractivity contribution in [1.82, 2.24) is 9.71 Å². The van der Waals surface area contributed by atoms with Gasteiger partial charge >= 0.3 is 0 Å². The molecule has 0 aliphatic rings. The van der Waals surface area contributed by atoms with Crippen molar-refractivity contribution in [2.45, 2.75) is 63.5 Å². The molecular weight excluding hydrogens is 418 g/mol. The van der Waals surface area contributed by atoms with Crippen LogP contribution < -0.4 is 4.72 Å². The predicted octanol–water partition coefficient (Wildman–Crippen LogP) is 4.18. The van der Waals surface area contributed by atoms with Gasteiger partial charge in [0.1, 0.15) is 11.0 Å². The van der Waals surface area contributed by atoms with Gasteiger partial charge in [-0.1, -0.05) is 36.4 Å². The Labute approximate surface area is 182 Å². The zero-order valence-corrected chi connectivity index (χ0v) is 20.0. The molecule has 0 saturated heterocycles. The normalized spacial score (nSPS) is 15.6. The molecule has 0 fully saturated rings. The van der Waals surface area contributed by atoms with Crippen LogP contribution in [0.15, 0.2) is 59.1 Å². The SMILES string of the molecule is CC(C)(C)S(=O)/N=C(/C[C@H](NS(=O)(=O)C(C)(C)C)c1ccccn1)c1ccccc1. The topological polar surface area (TPSA) is 88.5 Å². The van der Waals surface area contributed by atoms with E-state index in [4.69, 9.17) is 0 Å². The third-order valence-corrected chi connectivity index (χ3v) is 8.01. The van der Waals surface area contributed by atoms with Crippen LogP contribution in [0, 0.1) is 0 Å². The zero-order chi connectivity index (χ0) is 22.6. The lowest BCUT2D eigenvalue weighted by Gasteiger charge is -2.26. The van der Waals surface area contributed by atoms with Crippen molar-refractivity contribution in [1.29, 1.82) is 0 Å². The number of hydrogen-bond acceptors (Lipinski definition) is 4. The van der Waals surface area contributed by atoms with Crippen molar-refractivity contribution in [2.24, 2.45) is 4.40 Å². The van der Waals surface area contributed by atoms with Crippen LogP contribution in [-0.4, -0.2) is 32.8 Å². The minimum Gasteiger partial charge on any atom is -0.260 e. The summed E-state index contributed by atoms with van der Waals surface area (Å²) >= 11 is 0. The summed E-state index contributed by atoms with van der Waals surface area (Å²) in [6, 6.07) is 14.1. The number of aromatic nitrogens is 1. The highest BCUT2D eigenvalue weighted by atomic mass is 32.2. The number of nitrogens with one attached hydrogen (secondary N) is 1. The van der Waals surface area contributed by atoms with Crippen LogP contribution in [0.4, 0.5) is 0 Å². The molecule has 1 aromatic carbocycles. The monoisotopic (exact) mass is 449 g/mol. The molecule has 0 radical (unpaired) electrons. The van der Waals surface area contributed by atoms with Crippen molar-refractivity contribution < 1.29 is 12.6 Å². The predicted molar refractivity (Wildman–Crippen MR) is 124 cm³/mol. The van der Waals surface area contributed by atoms with E-state index in [-0.39, 0.29) is 6.42 Å². The fourth-order valence-electron chi connectivity index (χ4n) is 2.42. The first kappa shape index (κ1) is 24.4. The van der Waals surface area contributed by atoms with Gasteiger partial charge in [-0.3, -0.25) is 4.98 Å². The Hall–Kier alpha value is -1.90. The molecule has 164 valence electrons. The first-order valence-corrected chi connectivity index (χ1v) is 12.4. The molecule has 2 rings (SSSR count). The van der Waals surface area contributed by atoms with E-state index in [1.54, 1.807) is 39.1 Å². The van der Waals surface area contributed by atoms with Crippen LogP contribution in [-0.2, 0) is 21.0 Å². The Bertz CT molecular complexity index is 991. The molecule has 0 saturated carbocycles. The summed E-state index contributed by atoms with van der Waals surface area (Å²) in [4.78, 5) is 4.36. The molecule has 30 heavy (non-hydrogen) atoms. The van der Waals surface area contributed by atoms with Gasteiger partial charge in [0, 0.05) is 12.6 Å². The third kappa shape index (κ3) is 6.55. The molecule has 2 atom stereocenters. The summed E-state index contributed by atoms with van der Waals surface area (Å²) < 4.78 is 44.3. The maximum absolute atomic E-state index is 12.9. The number of rotatable bonds is 7. The largest absolute Gasteiger partial charge is 0.260 e. The van der Waals surface area contributed by atoms with E-state index in [1.807, 2.05) is 57.2 Å². The summed E-state index contributed by atoms with van der Waals surface area (Å²) in [5.74, 6) is 0. The molecule has 2 aromatic rings. The fraction of sp³-hybridized carbons (Fsp3) is 0.455. The molecule has 8 heteroatoms. The first-order chi connectivity index (χ1) is 13.8. The van der Waals surface area contributed by atoms with Gasteiger partial charge in [0.25, 0.3) is 0 Å². The van der Waals surface area contributed by atoms with E-state index in [0.717, 1.165) is 5.56 Å². The van der Waals surface area contributed by atoms with Gasteiger partial charge in [0.15, 0.2) is 0 Å². The number of sulfonamides is 1. The van der Waals surface area contributed by atoms with Crippen molar-refractivity contribution in [3.05, 3.63) is 66.0 Å². The van der Waals surface area contributed by atoms with Gasteiger partial charge < -0.3 is 0 Å². The summed E-state index contributed by atoms with van der Waals surface area (Å²) in [6.07, 6.45) is 1.85. The first-order valence-electron chi connectivity index (χ1n) is 9.79. The van der Waals surface area contributed by atoms with E-state index < -0.39 is 36.5 Å². The van der Waals surface area contributed by atoms with Gasteiger partial charge in [0.05, 0.1) is 26.9 Å². The second-order valence-electron chi connectivity index (χ2n) is 9.01. The Morgan fingerprint density at radius 2 is 1.63 bits per heavy atom. The molecule has 1 heterocycles. The summed E-state index contributed by atoms with van der Waals surface area (Å²) in [5.41, 5.74) is 1.94. The van der Waals surface area contributed by atoms with E-state index >= 15 is 0 Å². The van der Waals surface area contributed by atoms with Crippen LogP contribution in [0.5, 0.6) is 0 Å². The quantitative estimate of drug-likeness (QED) is 0.642. The number of benzene rings is 1. The van der Waals surface area contributed by atoms with Crippen LogP contribution in [0.2, 0.25) is 0 Å². The molecule has 6 nitrogen and oxygen atoms in total. The Kier molecular flexibility index (Phi) is 7.71. The van der Waals surface area contributed by atoms with Crippen LogP contribution in [0.1, 0.15) is 65.3 Å². The lowest BCUT2D eigenvalue weighted by atomic mass is 10.0. The molecule has 1 aromatic heterocycles. The lowest BCUT2D eigenvalue weighted by molar-refractivity contribution is 0.524. The highest BCUT2D eigenvalue weighted by Gasteiger charge is 2.33. The second kappa shape index (κ2) is 9.49. The standard InChI is InChI=1S/C22H31N3O3S2/c1-21(2,3)29(26)24-19(17-12-8-7-9-13-17)16-20(18-14-10-11-15-23-18)25-30(27,28)22(4,5)6/h7-15,20,25H,16H2,1-6H3/b24-19-/t20-,29?/m0/s1. The Morgan fingerprint density at radius 1 is 1.03 bits per heavy atom. The van der Waals surface area contributed by atoms with Crippen molar-refractivity contribution in [2.75, 3.05) is 0 Å². The van der Waals surface area contributed by atoms with Gasteiger partial charge in [-0.2, -0.15) is 4.40 Å². The Morgan fingerprint density at radius 3 is 2.13 bits per heavy atom. The molecule has 0 bridgehead atoms. The second-order valence-corrected chi connectivity index (χ2v) is 13.4. The average Bonchev–Trinajstić information content (AvgIpc) is 2.66. The maximum Gasteiger partial charge on any atom is 0.217 e. The van der Waals surface area contributed by atoms with Crippen LogP contribution in [0.3, 0.4) is 0 Å². The van der Waals surface area contributed by atoms with Crippen LogP contribution in [0.25, 0.3) is 0 Å². The molecule has 1 N–H and O–H groups in total. The average molecular weight is 450 g/mol. The van der Waals surface area contributed by atoms with E-state index in [0.29, 0.717) is 11.4 Å². The van der Waals surface area contributed by atoms with Gasteiger partial charge in [-0.25, -0.2) is 17.3 Å². The van der Waals surface area contributed by atoms with Crippen molar-refractivity contribution >= 4 is 26.7 Å². The van der Waals surface area contributed by atoms with Gasteiger partial charge in [0.2, 0.25) is 10.0 Å². The number of hydrogen-bond donors (Lipinski definition) is 1. The minimum atomic E-state index is -3.65. The Balaban J connectivity index is 2.53. The van der Waals surface area contributed by atoms with Gasteiger partial charge in [-0.15, -0.1) is 0 Å². The fourth-order valence-corrected chi connectivity index (χ4v) is 4.01. The number of pyridine rings is 1. The zero-order valence-electron chi connectivity index (χ0n) is 18.4. The van der Waals surface area contributed by atoms with E-state index in [1.165, 1.54) is 0 Å². The summed E-state index contributed by atoms with van der Waals surface area (Å²) in [7, 11) is -5.14. The molecular formula is C22H31N3O3S2. The van der Waals surface area contributed by atoms with E-state index in [9.17, 15) is 12.6 Å². The van der Waals surface area contributed by atoms with E-state index in [2.05, 4.69) is 14.1 Å². The smallest absolute Gasteiger partial charge is 0.217 e. The molecule has 0 aliphatic heterocycles. The number of nitrogens with zero attached hydrogens (tertiary/aromatic N) is 2. The molecule has 0 amide bonds. The molecule has 0 spiro atoms. The summed E-state index contributed by atoms with van der Waals surface area (Å²) in [5, 5.41) is 0. The highest BCUT2D eigenvalue weighted by Crippen LogP contribution is 2.24. The molecule has 1 unspecified atom stereocenters. The van der Waals surface area contributed by atoms with Crippen molar-refractivity contribution in [3.63, 3.8) is 0 Å². The van der Waals surface area contributed by atoms with Crippen molar-refractivity contribution in [3.8, 4) is 0 Å².